The summed E-state index contributed by atoms with van der Waals surface area (Å²) in [5.41, 5.74) is 2.19. The highest BCUT2D eigenvalue weighted by atomic mass is 32.2. The molecule has 1 atom stereocenters. The summed E-state index contributed by atoms with van der Waals surface area (Å²) in [6.07, 6.45) is 3.76. The van der Waals surface area contributed by atoms with Gasteiger partial charge >= 0.3 is 0 Å². The summed E-state index contributed by atoms with van der Waals surface area (Å²) in [5.74, 6) is 0.874. The predicted octanol–water partition coefficient (Wildman–Crippen LogP) is 3.59. The van der Waals surface area contributed by atoms with Crippen molar-refractivity contribution in [2.75, 3.05) is 12.3 Å². The lowest BCUT2D eigenvalue weighted by atomic mass is 10.0. The van der Waals surface area contributed by atoms with E-state index < -0.39 is 0 Å². The van der Waals surface area contributed by atoms with Crippen LogP contribution in [-0.2, 0) is 6.42 Å². The fraction of sp³-hybridized carbons (Fsp3) is 0.312. The standard InChI is InChI=1S/C16H17FN2S/c17-14-6-3-5-13-15(8-11-20-16(13)14)19-10-7-12-4-1-2-9-18-12/h1-6,9,15,19H,7-8,10-11H2. The van der Waals surface area contributed by atoms with Crippen LogP contribution in [0.2, 0.25) is 0 Å². The number of benzene rings is 1. The number of hydrogen-bond acceptors (Lipinski definition) is 3. The van der Waals surface area contributed by atoms with Crippen LogP contribution in [0.15, 0.2) is 47.5 Å². The summed E-state index contributed by atoms with van der Waals surface area (Å²) in [5, 5.41) is 3.53. The zero-order valence-electron chi connectivity index (χ0n) is 11.2. The Hall–Kier alpha value is -1.39. The van der Waals surface area contributed by atoms with Gasteiger partial charge in [-0.25, -0.2) is 4.39 Å². The topological polar surface area (TPSA) is 24.9 Å². The molecule has 0 spiro atoms. The van der Waals surface area contributed by atoms with Crippen molar-refractivity contribution in [3.63, 3.8) is 0 Å². The highest BCUT2D eigenvalue weighted by Gasteiger charge is 2.22. The fourth-order valence-electron chi connectivity index (χ4n) is 2.52. The second-order valence-electron chi connectivity index (χ2n) is 4.87. The molecule has 1 aromatic carbocycles. The van der Waals surface area contributed by atoms with E-state index in [1.807, 2.05) is 30.5 Å². The minimum atomic E-state index is -0.0938. The van der Waals surface area contributed by atoms with Crippen molar-refractivity contribution < 1.29 is 4.39 Å². The van der Waals surface area contributed by atoms with Crippen LogP contribution in [0.3, 0.4) is 0 Å². The Morgan fingerprint density at radius 3 is 3.05 bits per heavy atom. The largest absolute Gasteiger partial charge is 0.309 e. The second kappa shape index (κ2) is 6.37. The van der Waals surface area contributed by atoms with E-state index in [9.17, 15) is 4.39 Å². The van der Waals surface area contributed by atoms with Crippen LogP contribution in [0.5, 0.6) is 0 Å². The molecule has 0 amide bonds. The number of fused-ring (bicyclic) bond motifs is 1. The average molecular weight is 288 g/mol. The van der Waals surface area contributed by atoms with Crippen LogP contribution in [0.25, 0.3) is 0 Å². The lowest BCUT2D eigenvalue weighted by molar-refractivity contribution is 0.498. The van der Waals surface area contributed by atoms with Gasteiger partial charge in [-0.15, -0.1) is 11.8 Å². The van der Waals surface area contributed by atoms with E-state index in [1.165, 1.54) is 0 Å². The maximum absolute atomic E-state index is 13.8. The third-order valence-corrected chi connectivity index (χ3v) is 4.68. The third-order valence-electron chi connectivity index (χ3n) is 3.52. The van der Waals surface area contributed by atoms with Gasteiger partial charge in [0.25, 0.3) is 0 Å². The predicted molar refractivity (Wildman–Crippen MR) is 80.4 cm³/mol. The van der Waals surface area contributed by atoms with Crippen LogP contribution in [0.1, 0.15) is 23.7 Å². The summed E-state index contributed by atoms with van der Waals surface area (Å²) >= 11 is 1.62. The molecule has 0 saturated heterocycles. The van der Waals surface area contributed by atoms with Gasteiger partial charge < -0.3 is 5.32 Å². The molecule has 20 heavy (non-hydrogen) atoms. The minimum absolute atomic E-state index is 0.0938. The molecule has 4 heteroatoms. The summed E-state index contributed by atoms with van der Waals surface area (Å²) in [6, 6.07) is 11.6. The Balaban J connectivity index is 1.64. The normalized spacial score (nSPS) is 17.8. The Labute approximate surface area is 122 Å². The number of nitrogens with one attached hydrogen (secondary N) is 1. The average Bonchev–Trinajstić information content (AvgIpc) is 2.49. The number of thioether (sulfide) groups is 1. The highest BCUT2D eigenvalue weighted by Crippen LogP contribution is 2.37. The first-order chi connectivity index (χ1) is 9.84. The third kappa shape index (κ3) is 3.02. The molecule has 1 unspecified atom stereocenters. The van der Waals surface area contributed by atoms with E-state index >= 15 is 0 Å². The van der Waals surface area contributed by atoms with E-state index in [0.717, 1.165) is 41.3 Å². The number of nitrogens with zero attached hydrogens (tertiary/aromatic N) is 1. The molecule has 1 N–H and O–H groups in total. The van der Waals surface area contributed by atoms with Gasteiger partial charge in [0.15, 0.2) is 0 Å². The Kier molecular flexibility index (Phi) is 4.33. The number of aromatic nitrogens is 1. The SMILES string of the molecule is Fc1cccc2c1SCCC2NCCc1ccccn1. The van der Waals surface area contributed by atoms with Crippen molar-refractivity contribution in [3.05, 3.63) is 59.7 Å². The first kappa shape index (κ1) is 13.6. The molecule has 104 valence electrons. The molecule has 1 aliphatic heterocycles. The van der Waals surface area contributed by atoms with Gasteiger partial charge in [0.2, 0.25) is 0 Å². The molecular weight excluding hydrogens is 271 g/mol. The molecular formula is C16H17FN2S. The second-order valence-corrected chi connectivity index (χ2v) is 5.98. The molecule has 1 aliphatic rings. The van der Waals surface area contributed by atoms with Crippen molar-refractivity contribution in [2.24, 2.45) is 0 Å². The van der Waals surface area contributed by atoms with E-state index in [1.54, 1.807) is 23.9 Å². The van der Waals surface area contributed by atoms with Crippen molar-refractivity contribution in [2.45, 2.75) is 23.8 Å². The van der Waals surface area contributed by atoms with Gasteiger partial charge in [-0.3, -0.25) is 4.98 Å². The summed E-state index contributed by atoms with van der Waals surface area (Å²) in [4.78, 5) is 5.13. The van der Waals surface area contributed by atoms with Crippen LogP contribution >= 0.6 is 11.8 Å². The summed E-state index contributed by atoms with van der Waals surface area (Å²) < 4.78 is 13.8. The Morgan fingerprint density at radius 1 is 1.25 bits per heavy atom. The van der Waals surface area contributed by atoms with Crippen molar-refractivity contribution in [3.8, 4) is 0 Å². The first-order valence-corrected chi connectivity index (χ1v) is 7.87. The molecule has 1 aromatic heterocycles. The minimum Gasteiger partial charge on any atom is -0.309 e. The highest BCUT2D eigenvalue weighted by molar-refractivity contribution is 7.99. The van der Waals surface area contributed by atoms with E-state index in [-0.39, 0.29) is 11.9 Å². The number of pyridine rings is 1. The monoisotopic (exact) mass is 288 g/mol. The zero-order valence-corrected chi connectivity index (χ0v) is 12.0. The van der Waals surface area contributed by atoms with Crippen LogP contribution in [0.4, 0.5) is 4.39 Å². The van der Waals surface area contributed by atoms with Crippen LogP contribution < -0.4 is 5.32 Å². The maximum atomic E-state index is 13.8. The zero-order chi connectivity index (χ0) is 13.8. The van der Waals surface area contributed by atoms with Gasteiger partial charge in [-0.05, 0) is 35.9 Å². The number of rotatable bonds is 4. The quantitative estimate of drug-likeness (QED) is 0.930. The number of hydrogen-bond donors (Lipinski definition) is 1. The lowest BCUT2D eigenvalue weighted by Gasteiger charge is -2.26. The summed E-state index contributed by atoms with van der Waals surface area (Å²) in [6.45, 7) is 0.863. The van der Waals surface area contributed by atoms with E-state index in [2.05, 4.69) is 10.3 Å². The van der Waals surface area contributed by atoms with Crippen molar-refractivity contribution in [1.29, 1.82) is 0 Å². The summed E-state index contributed by atoms with van der Waals surface area (Å²) in [7, 11) is 0. The first-order valence-electron chi connectivity index (χ1n) is 6.89. The molecule has 0 fully saturated rings. The molecule has 2 nitrogen and oxygen atoms in total. The van der Waals surface area contributed by atoms with Gasteiger partial charge in [0.05, 0.1) is 0 Å². The van der Waals surface area contributed by atoms with Gasteiger partial charge in [-0.2, -0.15) is 0 Å². The van der Waals surface area contributed by atoms with Gasteiger partial charge in [0, 0.05) is 35.8 Å². The maximum Gasteiger partial charge on any atom is 0.137 e. The van der Waals surface area contributed by atoms with Gasteiger partial charge in [-0.1, -0.05) is 18.2 Å². The molecule has 2 heterocycles. The molecule has 2 aromatic rings. The van der Waals surface area contributed by atoms with E-state index in [0.29, 0.717) is 0 Å². The number of halogens is 1. The lowest BCUT2D eigenvalue weighted by Crippen LogP contribution is -2.27. The molecule has 3 rings (SSSR count). The Morgan fingerprint density at radius 2 is 2.20 bits per heavy atom. The molecule has 0 aliphatic carbocycles. The smallest absolute Gasteiger partial charge is 0.137 e. The van der Waals surface area contributed by atoms with E-state index in [4.69, 9.17) is 0 Å². The molecule has 0 radical (unpaired) electrons. The van der Waals surface area contributed by atoms with Crippen LogP contribution in [0, 0.1) is 5.82 Å². The molecule has 0 bridgehead atoms. The fourth-order valence-corrected chi connectivity index (χ4v) is 3.66. The molecule has 0 saturated carbocycles. The Bertz CT molecular complexity index is 574. The van der Waals surface area contributed by atoms with Crippen LogP contribution in [-0.4, -0.2) is 17.3 Å². The van der Waals surface area contributed by atoms with Crippen molar-refractivity contribution >= 4 is 11.8 Å². The van der Waals surface area contributed by atoms with Gasteiger partial charge in [0.1, 0.15) is 5.82 Å². The van der Waals surface area contributed by atoms with Crippen molar-refractivity contribution in [1.82, 2.24) is 10.3 Å².